The number of ether oxygens (including phenoxy) is 1. The second-order valence-electron chi connectivity index (χ2n) is 5.67. The fourth-order valence-corrected chi connectivity index (χ4v) is 2.66. The highest BCUT2D eigenvalue weighted by atomic mass is 16.5. The number of aromatic amines is 1. The Morgan fingerprint density at radius 2 is 2.00 bits per heavy atom. The van der Waals surface area contributed by atoms with Gasteiger partial charge >= 0.3 is 5.97 Å². The van der Waals surface area contributed by atoms with E-state index in [0.29, 0.717) is 24.3 Å². The molecule has 1 amide bonds. The summed E-state index contributed by atoms with van der Waals surface area (Å²) in [6.45, 7) is 0. The number of methoxy groups -OCH3 is 1. The van der Waals surface area contributed by atoms with E-state index in [9.17, 15) is 9.59 Å². The zero-order valence-electron chi connectivity index (χ0n) is 13.7. The fourth-order valence-electron chi connectivity index (χ4n) is 2.66. The Labute approximate surface area is 144 Å². The second-order valence-corrected chi connectivity index (χ2v) is 5.67. The van der Waals surface area contributed by atoms with Crippen LogP contribution in [-0.2, 0) is 11.2 Å². The van der Waals surface area contributed by atoms with Crippen LogP contribution < -0.4 is 10.1 Å². The molecule has 0 atom stereocenters. The van der Waals surface area contributed by atoms with Gasteiger partial charge in [-0.2, -0.15) is 0 Å². The van der Waals surface area contributed by atoms with Crippen LogP contribution in [0, 0.1) is 0 Å². The van der Waals surface area contributed by atoms with E-state index in [2.05, 4.69) is 16.4 Å². The van der Waals surface area contributed by atoms with Crippen molar-refractivity contribution in [1.29, 1.82) is 0 Å². The molecule has 0 aliphatic rings. The number of carboxylic acids is 1. The van der Waals surface area contributed by atoms with E-state index >= 15 is 0 Å². The summed E-state index contributed by atoms with van der Waals surface area (Å²) in [5.41, 5.74) is 2.71. The van der Waals surface area contributed by atoms with Gasteiger partial charge in [0.1, 0.15) is 5.75 Å². The number of H-pyrrole nitrogens is 1. The second kappa shape index (κ2) is 7.09. The molecule has 0 unspecified atom stereocenters. The van der Waals surface area contributed by atoms with Crippen LogP contribution in [0.3, 0.4) is 0 Å². The molecule has 1 aromatic heterocycles. The lowest BCUT2D eigenvalue weighted by Crippen LogP contribution is -2.13. The molecular weight excluding hydrogens is 320 g/mol. The van der Waals surface area contributed by atoms with Crippen LogP contribution in [0.1, 0.15) is 22.3 Å². The predicted molar refractivity (Wildman–Crippen MR) is 95.2 cm³/mol. The summed E-state index contributed by atoms with van der Waals surface area (Å²) >= 11 is 0. The number of carbonyl (C=O) groups excluding carboxylic acids is 1. The molecule has 0 radical (unpaired) electrons. The van der Waals surface area contributed by atoms with E-state index in [1.165, 1.54) is 25.3 Å². The number of hydrogen-bond donors (Lipinski definition) is 3. The summed E-state index contributed by atoms with van der Waals surface area (Å²) in [4.78, 5) is 26.3. The SMILES string of the molecule is COc1cc(C(=O)O)ccc1NC(=O)CCc1ccc2[nH]ccc2c1. The summed E-state index contributed by atoms with van der Waals surface area (Å²) in [6, 6.07) is 12.4. The van der Waals surface area contributed by atoms with Crippen LogP contribution in [0.15, 0.2) is 48.7 Å². The van der Waals surface area contributed by atoms with Gasteiger partial charge in [-0.25, -0.2) is 4.79 Å². The number of anilines is 1. The van der Waals surface area contributed by atoms with Gasteiger partial charge < -0.3 is 20.1 Å². The van der Waals surface area contributed by atoms with Crippen LogP contribution in [0.2, 0.25) is 0 Å². The first-order chi connectivity index (χ1) is 12.1. The number of carboxylic acid groups (broad SMARTS) is 1. The summed E-state index contributed by atoms with van der Waals surface area (Å²) in [5.74, 6) is -0.881. The summed E-state index contributed by atoms with van der Waals surface area (Å²) < 4.78 is 5.16. The molecule has 0 aliphatic heterocycles. The summed E-state index contributed by atoms with van der Waals surface area (Å²) in [5, 5.41) is 12.9. The quantitative estimate of drug-likeness (QED) is 0.642. The molecule has 1 heterocycles. The number of nitrogens with one attached hydrogen (secondary N) is 2. The van der Waals surface area contributed by atoms with Crippen LogP contribution in [0.25, 0.3) is 10.9 Å². The number of aromatic nitrogens is 1. The highest BCUT2D eigenvalue weighted by Gasteiger charge is 2.11. The molecule has 128 valence electrons. The van der Waals surface area contributed by atoms with E-state index < -0.39 is 5.97 Å². The standard InChI is InChI=1S/C19H18N2O4/c1-25-17-11-14(19(23)24)4-6-16(17)21-18(22)7-3-12-2-5-15-13(10-12)8-9-20-15/h2,4-6,8-11,20H,3,7H2,1H3,(H,21,22)(H,23,24). The number of aromatic carboxylic acids is 1. The monoisotopic (exact) mass is 338 g/mol. The molecule has 0 bridgehead atoms. The van der Waals surface area contributed by atoms with E-state index in [-0.39, 0.29) is 11.5 Å². The highest BCUT2D eigenvalue weighted by Crippen LogP contribution is 2.26. The fraction of sp³-hybridized carbons (Fsp3) is 0.158. The minimum absolute atomic E-state index is 0.106. The topological polar surface area (TPSA) is 91.4 Å². The van der Waals surface area contributed by atoms with Gasteiger partial charge in [-0.1, -0.05) is 6.07 Å². The first-order valence-corrected chi connectivity index (χ1v) is 7.84. The lowest BCUT2D eigenvalue weighted by molar-refractivity contribution is -0.116. The molecule has 0 spiro atoms. The number of amides is 1. The Balaban J connectivity index is 1.64. The third-order valence-corrected chi connectivity index (χ3v) is 3.98. The predicted octanol–water partition coefficient (Wildman–Crippen LogP) is 3.45. The number of rotatable bonds is 6. The van der Waals surface area contributed by atoms with Crippen LogP contribution in [0.5, 0.6) is 5.75 Å². The molecular formula is C19H18N2O4. The maximum atomic E-state index is 12.2. The third-order valence-electron chi connectivity index (χ3n) is 3.98. The summed E-state index contributed by atoms with van der Waals surface area (Å²) in [6.07, 6.45) is 2.82. The molecule has 25 heavy (non-hydrogen) atoms. The van der Waals surface area contributed by atoms with Crippen molar-refractivity contribution in [3.05, 3.63) is 59.8 Å². The molecule has 6 heteroatoms. The van der Waals surface area contributed by atoms with Crippen molar-refractivity contribution in [3.63, 3.8) is 0 Å². The van der Waals surface area contributed by atoms with Gasteiger partial charge in [-0.15, -0.1) is 0 Å². The van der Waals surface area contributed by atoms with Gasteiger partial charge in [0.15, 0.2) is 0 Å². The zero-order valence-corrected chi connectivity index (χ0v) is 13.7. The zero-order chi connectivity index (χ0) is 17.8. The third kappa shape index (κ3) is 3.80. The first-order valence-electron chi connectivity index (χ1n) is 7.84. The van der Waals surface area contributed by atoms with Gasteiger partial charge in [0, 0.05) is 18.1 Å². The van der Waals surface area contributed by atoms with Gasteiger partial charge in [0.2, 0.25) is 5.91 Å². The van der Waals surface area contributed by atoms with E-state index in [0.717, 1.165) is 16.5 Å². The molecule has 0 aliphatic carbocycles. The maximum absolute atomic E-state index is 12.2. The minimum Gasteiger partial charge on any atom is -0.495 e. The molecule has 0 saturated carbocycles. The summed E-state index contributed by atoms with van der Waals surface area (Å²) in [7, 11) is 1.43. The molecule has 2 aromatic carbocycles. The van der Waals surface area contributed by atoms with Crippen LogP contribution in [-0.4, -0.2) is 29.1 Å². The van der Waals surface area contributed by atoms with Gasteiger partial charge in [-0.3, -0.25) is 4.79 Å². The largest absolute Gasteiger partial charge is 0.495 e. The first kappa shape index (κ1) is 16.6. The highest BCUT2D eigenvalue weighted by molar-refractivity contribution is 5.94. The Morgan fingerprint density at radius 3 is 2.76 bits per heavy atom. The molecule has 3 N–H and O–H groups in total. The average molecular weight is 338 g/mol. The Hall–Kier alpha value is -3.28. The maximum Gasteiger partial charge on any atom is 0.335 e. The van der Waals surface area contributed by atoms with Crippen molar-refractivity contribution in [2.75, 3.05) is 12.4 Å². The van der Waals surface area contributed by atoms with Gasteiger partial charge in [0.05, 0.1) is 18.4 Å². The van der Waals surface area contributed by atoms with Crippen molar-refractivity contribution < 1.29 is 19.4 Å². The van der Waals surface area contributed by atoms with Crippen molar-refractivity contribution in [2.24, 2.45) is 0 Å². The van der Waals surface area contributed by atoms with Crippen molar-refractivity contribution in [1.82, 2.24) is 4.98 Å². The van der Waals surface area contributed by atoms with E-state index in [1.807, 2.05) is 24.4 Å². The minimum atomic E-state index is -1.05. The number of benzene rings is 2. The van der Waals surface area contributed by atoms with Crippen molar-refractivity contribution in [2.45, 2.75) is 12.8 Å². The normalized spacial score (nSPS) is 10.6. The van der Waals surface area contributed by atoms with Gasteiger partial charge in [0.25, 0.3) is 0 Å². The Kier molecular flexibility index (Phi) is 4.70. The molecule has 6 nitrogen and oxygen atoms in total. The Bertz CT molecular complexity index is 930. The lowest BCUT2D eigenvalue weighted by Gasteiger charge is -2.11. The Morgan fingerprint density at radius 1 is 1.16 bits per heavy atom. The lowest BCUT2D eigenvalue weighted by atomic mass is 10.1. The number of carbonyl (C=O) groups is 2. The van der Waals surface area contributed by atoms with E-state index in [1.54, 1.807) is 0 Å². The number of aryl methyl sites for hydroxylation is 1. The number of fused-ring (bicyclic) bond motifs is 1. The van der Waals surface area contributed by atoms with Crippen LogP contribution in [0.4, 0.5) is 5.69 Å². The van der Waals surface area contributed by atoms with Crippen LogP contribution >= 0.6 is 0 Å². The molecule has 3 aromatic rings. The average Bonchev–Trinajstić information content (AvgIpc) is 3.07. The van der Waals surface area contributed by atoms with Crippen molar-refractivity contribution >= 4 is 28.5 Å². The molecule has 0 saturated heterocycles. The van der Waals surface area contributed by atoms with Gasteiger partial charge in [-0.05, 0) is 53.8 Å². The van der Waals surface area contributed by atoms with E-state index in [4.69, 9.17) is 9.84 Å². The smallest absolute Gasteiger partial charge is 0.335 e. The number of hydrogen-bond acceptors (Lipinski definition) is 3. The van der Waals surface area contributed by atoms with Crippen molar-refractivity contribution in [3.8, 4) is 5.75 Å². The molecule has 0 fully saturated rings. The molecule has 3 rings (SSSR count).